The van der Waals surface area contributed by atoms with Crippen molar-refractivity contribution in [3.63, 3.8) is 0 Å². The molecule has 1 amide bonds. The minimum absolute atomic E-state index is 0.00699. The smallest absolute Gasteiger partial charge is 0.416 e. The summed E-state index contributed by atoms with van der Waals surface area (Å²) in [6.45, 7) is 3.04. The average Bonchev–Trinajstić information content (AvgIpc) is 3.21. The predicted octanol–water partition coefficient (Wildman–Crippen LogP) is 3.24. The molecule has 9 nitrogen and oxygen atoms in total. The highest BCUT2D eigenvalue weighted by molar-refractivity contribution is 6.09. The van der Waals surface area contributed by atoms with E-state index in [0.717, 1.165) is 12.1 Å². The van der Waals surface area contributed by atoms with E-state index in [9.17, 15) is 27.9 Å². The van der Waals surface area contributed by atoms with Crippen LogP contribution in [0.2, 0.25) is 0 Å². The second-order valence-electron chi connectivity index (χ2n) is 6.67. The number of aryl methyl sites for hydroxylation is 2. The molecule has 0 fully saturated rings. The molecule has 2 heterocycles. The van der Waals surface area contributed by atoms with Crippen LogP contribution in [0.25, 0.3) is 0 Å². The Balaban J connectivity index is 1.77. The second kappa shape index (κ2) is 8.13. The number of hydrogen-bond acceptors (Lipinski definition) is 5. The highest BCUT2D eigenvalue weighted by Gasteiger charge is 2.30. The van der Waals surface area contributed by atoms with Crippen LogP contribution < -0.4 is 10.1 Å². The summed E-state index contributed by atoms with van der Waals surface area (Å²) in [5.41, 5.74) is -0.162. The van der Waals surface area contributed by atoms with Gasteiger partial charge in [-0.2, -0.15) is 23.4 Å². The molecule has 0 aliphatic carbocycles. The zero-order valence-electron chi connectivity index (χ0n) is 16.7. The van der Waals surface area contributed by atoms with E-state index in [1.165, 1.54) is 34.7 Å². The summed E-state index contributed by atoms with van der Waals surface area (Å²) in [7, 11) is 1.49. The molecule has 3 rings (SSSR count). The first kappa shape index (κ1) is 21.9. The van der Waals surface area contributed by atoms with Gasteiger partial charge in [-0.15, -0.1) is 0 Å². The number of carboxylic acid groups (broad SMARTS) is 1. The van der Waals surface area contributed by atoms with Crippen LogP contribution in [0.4, 0.5) is 18.9 Å². The van der Waals surface area contributed by atoms with Crippen molar-refractivity contribution in [3.05, 3.63) is 58.7 Å². The number of nitrogens with zero attached hydrogens (tertiary/aromatic N) is 4. The fourth-order valence-corrected chi connectivity index (χ4v) is 2.89. The van der Waals surface area contributed by atoms with E-state index < -0.39 is 23.6 Å². The average molecular weight is 437 g/mol. The Bertz CT molecular complexity index is 1150. The number of amides is 1. The van der Waals surface area contributed by atoms with Gasteiger partial charge in [0.2, 0.25) is 0 Å². The van der Waals surface area contributed by atoms with Gasteiger partial charge in [0.1, 0.15) is 11.3 Å². The molecule has 3 aromatic rings. The number of anilines is 1. The standard InChI is InChI=1S/C19H18F3N5O4/c1-10-15(23-17(28)16-14(18(29)30)8-26(3)25-16)11(2)27(24-10)9-31-13-6-4-5-12(7-13)19(20,21)22/h4-8H,9H2,1-3H3,(H,23,28)(H,29,30). The summed E-state index contributed by atoms with van der Waals surface area (Å²) >= 11 is 0. The van der Waals surface area contributed by atoms with Crippen LogP contribution in [0.5, 0.6) is 5.75 Å². The summed E-state index contributed by atoms with van der Waals surface area (Å²) < 4.78 is 46.5. The molecule has 31 heavy (non-hydrogen) atoms. The Morgan fingerprint density at radius 1 is 1.23 bits per heavy atom. The van der Waals surface area contributed by atoms with Gasteiger partial charge in [-0.25, -0.2) is 9.48 Å². The summed E-state index contributed by atoms with van der Waals surface area (Å²) in [5.74, 6) is -2.02. The van der Waals surface area contributed by atoms with E-state index in [-0.39, 0.29) is 23.7 Å². The van der Waals surface area contributed by atoms with E-state index in [2.05, 4.69) is 15.5 Å². The number of carbonyl (C=O) groups excluding carboxylic acids is 1. The molecule has 164 valence electrons. The fraction of sp³-hybridized carbons (Fsp3) is 0.263. The first-order valence-corrected chi connectivity index (χ1v) is 8.89. The number of nitrogens with one attached hydrogen (secondary N) is 1. The number of rotatable bonds is 6. The Morgan fingerprint density at radius 2 is 1.94 bits per heavy atom. The quantitative estimate of drug-likeness (QED) is 0.613. The third-order valence-electron chi connectivity index (χ3n) is 4.41. The highest BCUT2D eigenvalue weighted by Crippen LogP contribution is 2.31. The van der Waals surface area contributed by atoms with Crippen molar-refractivity contribution in [3.8, 4) is 5.75 Å². The number of aromatic nitrogens is 4. The van der Waals surface area contributed by atoms with Gasteiger partial charge in [-0.1, -0.05) is 6.07 Å². The number of ether oxygens (including phenoxy) is 1. The fourth-order valence-electron chi connectivity index (χ4n) is 2.89. The zero-order valence-corrected chi connectivity index (χ0v) is 16.7. The van der Waals surface area contributed by atoms with Crippen LogP contribution in [-0.4, -0.2) is 36.5 Å². The third kappa shape index (κ3) is 4.68. The van der Waals surface area contributed by atoms with E-state index in [1.807, 2.05) is 0 Å². The normalized spacial score (nSPS) is 11.4. The maximum Gasteiger partial charge on any atom is 0.416 e. The van der Waals surface area contributed by atoms with Gasteiger partial charge >= 0.3 is 12.1 Å². The Morgan fingerprint density at radius 3 is 2.58 bits per heavy atom. The molecule has 0 atom stereocenters. The third-order valence-corrected chi connectivity index (χ3v) is 4.41. The maximum atomic E-state index is 12.8. The molecule has 0 aliphatic rings. The van der Waals surface area contributed by atoms with E-state index in [4.69, 9.17) is 4.74 Å². The lowest BCUT2D eigenvalue weighted by molar-refractivity contribution is -0.137. The molecule has 0 aliphatic heterocycles. The topological polar surface area (TPSA) is 111 Å². The Labute approximate surface area is 174 Å². The number of benzene rings is 1. The van der Waals surface area contributed by atoms with E-state index in [1.54, 1.807) is 13.8 Å². The summed E-state index contributed by atoms with van der Waals surface area (Å²) in [6.07, 6.45) is -3.28. The van der Waals surface area contributed by atoms with Crippen molar-refractivity contribution in [1.29, 1.82) is 0 Å². The number of hydrogen-bond donors (Lipinski definition) is 2. The molecule has 1 aromatic carbocycles. The number of alkyl halides is 3. The molecule has 2 aromatic heterocycles. The van der Waals surface area contributed by atoms with Crippen LogP contribution in [0.15, 0.2) is 30.5 Å². The van der Waals surface area contributed by atoms with Gasteiger partial charge in [0.15, 0.2) is 12.4 Å². The zero-order chi connectivity index (χ0) is 22.9. The van der Waals surface area contributed by atoms with Gasteiger partial charge in [-0.05, 0) is 32.0 Å². The van der Waals surface area contributed by atoms with Gasteiger partial charge in [0.25, 0.3) is 5.91 Å². The molecule has 0 bridgehead atoms. The maximum absolute atomic E-state index is 12.8. The Hall–Kier alpha value is -3.83. The lowest BCUT2D eigenvalue weighted by atomic mass is 10.2. The number of aromatic carboxylic acids is 1. The minimum atomic E-state index is -4.49. The first-order chi connectivity index (χ1) is 14.5. The molecule has 0 saturated carbocycles. The van der Waals surface area contributed by atoms with Crippen LogP contribution >= 0.6 is 0 Å². The molecule has 0 spiro atoms. The van der Waals surface area contributed by atoms with Crippen molar-refractivity contribution in [1.82, 2.24) is 19.6 Å². The minimum Gasteiger partial charge on any atom is -0.478 e. The van der Waals surface area contributed by atoms with Crippen molar-refractivity contribution in [2.24, 2.45) is 7.05 Å². The lowest BCUT2D eigenvalue weighted by Gasteiger charge is -2.11. The van der Waals surface area contributed by atoms with E-state index in [0.29, 0.717) is 17.1 Å². The molecular weight excluding hydrogens is 419 g/mol. The Kier molecular flexibility index (Phi) is 5.73. The molecule has 0 radical (unpaired) electrons. The molecule has 0 saturated heterocycles. The summed E-state index contributed by atoms with van der Waals surface area (Å²) in [4.78, 5) is 23.9. The largest absolute Gasteiger partial charge is 0.478 e. The number of carboxylic acids is 1. The second-order valence-corrected chi connectivity index (χ2v) is 6.67. The summed E-state index contributed by atoms with van der Waals surface area (Å²) in [5, 5.41) is 19.9. The SMILES string of the molecule is Cc1nn(COc2cccc(C(F)(F)F)c2)c(C)c1NC(=O)c1nn(C)cc1C(=O)O. The summed E-state index contributed by atoms with van der Waals surface area (Å²) in [6, 6.07) is 4.44. The molecule has 12 heteroatoms. The van der Waals surface area contributed by atoms with Crippen molar-refractivity contribution < 1.29 is 32.6 Å². The first-order valence-electron chi connectivity index (χ1n) is 8.89. The lowest BCUT2D eigenvalue weighted by Crippen LogP contribution is -2.17. The van der Waals surface area contributed by atoms with Gasteiger partial charge < -0.3 is 15.2 Å². The van der Waals surface area contributed by atoms with Gasteiger partial charge in [0, 0.05) is 13.2 Å². The van der Waals surface area contributed by atoms with Crippen LogP contribution in [0.3, 0.4) is 0 Å². The van der Waals surface area contributed by atoms with Crippen LogP contribution in [-0.2, 0) is 20.0 Å². The molecular formula is C19H18F3N5O4. The molecule has 0 unspecified atom stereocenters. The van der Waals surface area contributed by atoms with Crippen LogP contribution in [0.1, 0.15) is 37.8 Å². The predicted molar refractivity (Wildman–Crippen MR) is 102 cm³/mol. The van der Waals surface area contributed by atoms with Crippen molar-refractivity contribution in [2.45, 2.75) is 26.8 Å². The van der Waals surface area contributed by atoms with E-state index >= 15 is 0 Å². The van der Waals surface area contributed by atoms with Crippen molar-refractivity contribution >= 4 is 17.6 Å². The van der Waals surface area contributed by atoms with Crippen molar-refractivity contribution in [2.75, 3.05) is 5.32 Å². The van der Waals surface area contributed by atoms with Gasteiger partial charge in [0.05, 0.1) is 22.6 Å². The number of halogens is 3. The van der Waals surface area contributed by atoms with Gasteiger partial charge in [-0.3, -0.25) is 9.48 Å². The number of carbonyl (C=O) groups is 2. The van der Waals surface area contributed by atoms with Crippen LogP contribution in [0, 0.1) is 13.8 Å². The monoisotopic (exact) mass is 437 g/mol. The molecule has 2 N–H and O–H groups in total. The highest BCUT2D eigenvalue weighted by atomic mass is 19.4.